The molecule has 0 unspecified atom stereocenters. The van der Waals surface area contributed by atoms with Gasteiger partial charge in [-0.05, 0) is 94.7 Å². The van der Waals surface area contributed by atoms with Gasteiger partial charge in [-0.3, -0.25) is 0 Å². The van der Waals surface area contributed by atoms with Crippen molar-refractivity contribution in [2.45, 2.75) is 0 Å². The van der Waals surface area contributed by atoms with Crippen molar-refractivity contribution >= 4 is 118 Å². The maximum Gasteiger partial charge on any atom is 0.0711 e. The fourth-order valence-electron chi connectivity index (χ4n) is 7.06. The van der Waals surface area contributed by atoms with Gasteiger partial charge in [-0.15, -0.1) is 56.7 Å². The summed E-state index contributed by atoms with van der Waals surface area (Å²) in [5.41, 5.74) is 10.2. The molecule has 4 aromatic carbocycles. The number of hydrogen-bond donors (Lipinski definition) is 0. The summed E-state index contributed by atoms with van der Waals surface area (Å²) in [5, 5.41) is 7.10. The molecule has 0 fully saturated rings. The van der Waals surface area contributed by atoms with Crippen molar-refractivity contribution in [1.29, 1.82) is 0 Å². The second-order valence-corrected chi connectivity index (χ2v) is 16.8. The van der Waals surface area contributed by atoms with Crippen molar-refractivity contribution in [2.24, 2.45) is 0 Å². The van der Waals surface area contributed by atoms with Crippen LogP contribution in [0, 0.1) is 0 Å². The molecule has 0 bridgehead atoms. The zero-order valence-corrected chi connectivity index (χ0v) is 28.7. The smallest absolute Gasteiger partial charge is 0.0711 e. The molecule has 47 heavy (non-hydrogen) atoms. The summed E-state index contributed by atoms with van der Waals surface area (Å²) in [7, 11) is 0. The van der Waals surface area contributed by atoms with E-state index < -0.39 is 0 Å². The molecule has 0 aliphatic heterocycles. The molecule has 2 nitrogen and oxygen atoms in total. The van der Waals surface area contributed by atoms with Gasteiger partial charge in [0.2, 0.25) is 0 Å². The van der Waals surface area contributed by atoms with Crippen molar-refractivity contribution < 1.29 is 0 Å². The summed E-state index contributed by atoms with van der Waals surface area (Å²) in [5.74, 6) is 0. The number of aromatic nitrogens is 2. The van der Waals surface area contributed by atoms with Crippen LogP contribution in [0.4, 0.5) is 0 Å². The standard InChI is InChI=1S/C40H22N2S5/c1-3-7-25(8-4-1)41-29-15-17-43-37(29)39-31(41)21-35(46-39)23-11-13-33-27(19-23)28-20-24(12-14-34(28)45-33)36-22-32-40(47-36)38-30(16-18-44-38)42(32)26-9-5-2-6-10-26/h1-22H. The third-order valence-corrected chi connectivity index (χ3v) is 14.8. The van der Waals surface area contributed by atoms with Crippen LogP contribution < -0.4 is 0 Å². The van der Waals surface area contributed by atoms with E-state index in [9.17, 15) is 0 Å². The topological polar surface area (TPSA) is 9.86 Å². The molecule has 0 atom stereocenters. The molecule has 0 spiro atoms. The van der Waals surface area contributed by atoms with Crippen LogP contribution in [0.2, 0.25) is 0 Å². The third-order valence-electron chi connectivity index (χ3n) is 9.16. The quantitative estimate of drug-likeness (QED) is 0.174. The Balaban J connectivity index is 1.06. The van der Waals surface area contributed by atoms with Gasteiger partial charge < -0.3 is 9.13 Å². The summed E-state index contributed by atoms with van der Waals surface area (Å²) in [4.78, 5) is 2.63. The Hall–Kier alpha value is -4.50. The number of thiophene rings is 5. The average molecular weight is 691 g/mol. The van der Waals surface area contributed by atoms with E-state index in [-0.39, 0.29) is 0 Å². The summed E-state index contributed by atoms with van der Waals surface area (Å²) in [6, 6.07) is 44.9. The lowest BCUT2D eigenvalue weighted by Crippen LogP contribution is -1.91. The first-order valence-electron chi connectivity index (χ1n) is 15.4. The highest BCUT2D eigenvalue weighted by molar-refractivity contribution is 7.29. The maximum absolute atomic E-state index is 2.42. The van der Waals surface area contributed by atoms with E-state index >= 15 is 0 Å². The van der Waals surface area contributed by atoms with Crippen molar-refractivity contribution in [2.75, 3.05) is 0 Å². The highest BCUT2D eigenvalue weighted by Crippen LogP contribution is 2.47. The molecule has 7 heterocycles. The average Bonchev–Trinajstić information content (AvgIpc) is 3.96. The second-order valence-electron chi connectivity index (χ2n) is 11.8. The van der Waals surface area contributed by atoms with E-state index in [0.717, 1.165) is 0 Å². The van der Waals surface area contributed by atoms with E-state index in [1.165, 1.54) is 93.3 Å². The minimum Gasteiger partial charge on any atom is -0.307 e. The zero-order valence-electron chi connectivity index (χ0n) is 24.6. The molecular formula is C40H22N2S5. The van der Waals surface area contributed by atoms with E-state index in [2.05, 4.69) is 141 Å². The third kappa shape index (κ3) is 3.86. The first kappa shape index (κ1) is 26.6. The van der Waals surface area contributed by atoms with Gasteiger partial charge in [0.05, 0.1) is 40.9 Å². The molecule has 0 N–H and O–H groups in total. The van der Waals surface area contributed by atoms with Crippen LogP contribution in [0.5, 0.6) is 0 Å². The predicted octanol–water partition coefficient (Wildman–Crippen LogP) is 13.8. The van der Waals surface area contributed by atoms with Crippen molar-refractivity contribution in [3.63, 3.8) is 0 Å². The Morgan fingerprint density at radius 2 is 0.851 bits per heavy atom. The summed E-state index contributed by atoms with van der Waals surface area (Å²) < 4.78 is 13.0. The van der Waals surface area contributed by atoms with E-state index in [4.69, 9.17) is 0 Å². The Bertz CT molecular complexity index is 2760. The first-order valence-corrected chi connectivity index (χ1v) is 19.6. The zero-order chi connectivity index (χ0) is 30.6. The summed E-state index contributed by atoms with van der Waals surface area (Å²) in [6.45, 7) is 0. The van der Waals surface area contributed by atoms with E-state index in [1.54, 1.807) is 0 Å². The van der Waals surface area contributed by atoms with Crippen molar-refractivity contribution in [3.8, 4) is 32.3 Å². The van der Waals surface area contributed by atoms with Crippen LogP contribution in [0.1, 0.15) is 0 Å². The molecular weight excluding hydrogens is 669 g/mol. The molecule has 0 aliphatic rings. The fraction of sp³-hybridized carbons (Fsp3) is 0. The predicted molar refractivity (Wildman–Crippen MR) is 210 cm³/mol. The maximum atomic E-state index is 2.42. The SMILES string of the molecule is c1ccc(-n2c3ccsc3c3sc(-c4ccc5sc6ccc(-c7cc8c(s7)c7sccc7n8-c7ccccc7)cc6c5c4)cc32)cc1. The molecule has 11 rings (SSSR count). The van der Waals surface area contributed by atoms with Gasteiger partial charge in [0.1, 0.15) is 0 Å². The molecule has 0 amide bonds. The van der Waals surface area contributed by atoms with Gasteiger partial charge in [-0.1, -0.05) is 48.5 Å². The Kier molecular flexibility index (Phi) is 5.65. The number of hydrogen-bond acceptors (Lipinski definition) is 5. The number of fused-ring (bicyclic) bond motifs is 9. The molecule has 0 radical (unpaired) electrons. The van der Waals surface area contributed by atoms with Crippen LogP contribution in [0.25, 0.3) is 93.3 Å². The van der Waals surface area contributed by atoms with Crippen molar-refractivity contribution in [1.82, 2.24) is 9.13 Å². The molecule has 0 saturated heterocycles. The van der Waals surface area contributed by atoms with Gasteiger partial charge in [-0.25, -0.2) is 0 Å². The monoisotopic (exact) mass is 690 g/mol. The van der Waals surface area contributed by atoms with E-state index in [1.807, 2.05) is 56.7 Å². The highest BCUT2D eigenvalue weighted by atomic mass is 32.1. The second kappa shape index (κ2) is 10.0. The Morgan fingerprint density at radius 3 is 1.32 bits per heavy atom. The number of benzene rings is 4. The minimum absolute atomic E-state index is 1.21. The molecule has 0 saturated carbocycles. The molecule has 11 aromatic rings. The van der Waals surface area contributed by atoms with Gasteiger partial charge in [0.15, 0.2) is 0 Å². The first-order chi connectivity index (χ1) is 23.3. The van der Waals surface area contributed by atoms with Crippen LogP contribution in [0.15, 0.2) is 132 Å². The molecule has 7 aromatic heterocycles. The lowest BCUT2D eigenvalue weighted by atomic mass is 10.1. The molecule has 7 heteroatoms. The van der Waals surface area contributed by atoms with Crippen LogP contribution in [-0.4, -0.2) is 9.13 Å². The Labute approximate surface area is 289 Å². The molecule has 0 aliphatic carbocycles. The van der Waals surface area contributed by atoms with Crippen LogP contribution >= 0.6 is 56.7 Å². The van der Waals surface area contributed by atoms with Crippen LogP contribution in [0.3, 0.4) is 0 Å². The van der Waals surface area contributed by atoms with Crippen molar-refractivity contribution in [3.05, 3.63) is 132 Å². The summed E-state index contributed by atoms with van der Waals surface area (Å²) in [6.07, 6.45) is 0. The lowest BCUT2D eigenvalue weighted by Gasteiger charge is -2.05. The number of para-hydroxylation sites is 2. The largest absolute Gasteiger partial charge is 0.307 e. The van der Waals surface area contributed by atoms with Gasteiger partial charge in [0, 0.05) is 41.3 Å². The minimum atomic E-state index is 1.21. The van der Waals surface area contributed by atoms with E-state index in [0.29, 0.717) is 0 Å². The normalized spacial score (nSPS) is 12.3. The number of nitrogens with zero attached hydrogens (tertiary/aromatic N) is 2. The fourth-order valence-corrected chi connectivity index (χ4v) is 12.5. The van der Waals surface area contributed by atoms with Gasteiger partial charge >= 0.3 is 0 Å². The highest BCUT2D eigenvalue weighted by Gasteiger charge is 2.20. The van der Waals surface area contributed by atoms with Gasteiger partial charge in [-0.2, -0.15) is 0 Å². The number of rotatable bonds is 4. The van der Waals surface area contributed by atoms with Gasteiger partial charge in [0.25, 0.3) is 0 Å². The molecule has 222 valence electrons. The summed E-state index contributed by atoms with van der Waals surface area (Å²) >= 11 is 9.40. The Morgan fingerprint density at radius 1 is 0.383 bits per heavy atom. The lowest BCUT2D eigenvalue weighted by molar-refractivity contribution is 1.18. The van der Waals surface area contributed by atoms with Crippen LogP contribution in [-0.2, 0) is 0 Å².